The first-order valence-electron chi connectivity index (χ1n) is 24.9. The van der Waals surface area contributed by atoms with Gasteiger partial charge in [-0.15, -0.1) is 0 Å². The Morgan fingerprint density at radius 1 is 0.368 bits per heavy atom. The predicted octanol–water partition coefficient (Wildman–Crippen LogP) is 10.1. The molecule has 0 aromatic heterocycles. The van der Waals surface area contributed by atoms with Crippen LogP contribution < -0.4 is 0 Å². The average molecular weight is 1080 g/mol. The van der Waals surface area contributed by atoms with Crippen LogP contribution in [-0.4, -0.2) is 106 Å². The van der Waals surface area contributed by atoms with Gasteiger partial charge in [-0.3, -0.25) is 9.98 Å². The van der Waals surface area contributed by atoms with Crippen LogP contribution >= 0.6 is 0 Å². The zero-order valence-corrected chi connectivity index (χ0v) is 50.4. The molecule has 2 aromatic rings. The smallest absolute Gasteiger partial charge is 0.479 e. The van der Waals surface area contributed by atoms with Crippen LogP contribution in [0, 0.1) is 35.5 Å². The second-order valence-electron chi connectivity index (χ2n) is 21.7. The molecule has 6 fully saturated rings. The van der Waals surface area contributed by atoms with E-state index in [1.807, 2.05) is 24.3 Å². The van der Waals surface area contributed by atoms with E-state index in [1.165, 1.54) is 0 Å². The Hall–Kier alpha value is -1.36. The Balaban J connectivity index is 1.45. The fourth-order valence-corrected chi connectivity index (χ4v) is 61.1. The second kappa shape index (κ2) is 21.6. The molecule has 380 valence electrons. The van der Waals surface area contributed by atoms with E-state index in [9.17, 15) is 10.2 Å². The molecule has 2 N–H and O–H groups in total. The van der Waals surface area contributed by atoms with Gasteiger partial charge in [0, 0.05) is 85.0 Å². The van der Waals surface area contributed by atoms with Crippen molar-refractivity contribution < 1.29 is 59.6 Å². The molecular weight excluding hydrogens is 1010 g/mol. The number of phenolic OH excluding ortho intramolecular Hbond substituents is 2. The van der Waals surface area contributed by atoms with Gasteiger partial charge in [0.25, 0.3) is 0 Å². The van der Waals surface area contributed by atoms with Gasteiger partial charge < -0.3 is 59.6 Å². The lowest BCUT2D eigenvalue weighted by atomic mass is 10.2. The highest BCUT2D eigenvalue weighted by Gasteiger charge is 2.83. The van der Waals surface area contributed by atoms with E-state index in [4.69, 9.17) is 59.4 Å². The molecule has 8 bridgehead atoms. The Bertz CT molecular complexity index is 1800. The molecule has 6 aliphatic rings. The number of rotatable bonds is 22. The number of phenols is 2. The van der Waals surface area contributed by atoms with Crippen LogP contribution in [0.15, 0.2) is 58.5 Å². The minimum atomic E-state index is -4.12. The summed E-state index contributed by atoms with van der Waals surface area (Å²) in [5.74, 6) is 0.579. The highest BCUT2D eigenvalue weighted by atomic mass is 28.6. The third-order valence-corrected chi connectivity index (χ3v) is 51.2. The number of hydrogen-bond acceptors (Lipinski definition) is 16. The summed E-state index contributed by atoms with van der Waals surface area (Å²) in [6.45, 7) is 26.4. The molecule has 0 spiro atoms. The minimum absolute atomic E-state index is 0.0428. The molecule has 8 rings (SSSR count). The molecule has 24 heteroatoms. The normalized spacial score (nSPS) is 34.9. The molecule has 0 saturated carbocycles. The number of para-hydroxylation sites is 2. The van der Waals surface area contributed by atoms with E-state index < -0.39 is 70.4 Å². The fraction of sp³-hybridized carbons (Fsp3) is 0.682. The maximum absolute atomic E-state index is 10.5. The van der Waals surface area contributed by atoms with Gasteiger partial charge >= 0.3 is 70.4 Å². The number of benzene rings is 2. The van der Waals surface area contributed by atoms with Gasteiger partial charge in [0.1, 0.15) is 11.5 Å². The van der Waals surface area contributed by atoms with Crippen LogP contribution in [0.5, 0.6) is 11.5 Å². The Morgan fingerprint density at radius 2 is 0.588 bits per heavy atom. The van der Waals surface area contributed by atoms with Gasteiger partial charge in [-0.2, -0.15) is 0 Å². The summed E-state index contributed by atoms with van der Waals surface area (Å²) in [5.41, 5.74) is 1.26. The summed E-state index contributed by atoms with van der Waals surface area (Å²) < 4.78 is 94.4. The van der Waals surface area contributed by atoms with Crippen molar-refractivity contribution in [2.75, 3.05) is 13.1 Å². The quantitative estimate of drug-likeness (QED) is 0.0647. The van der Waals surface area contributed by atoms with Crippen LogP contribution in [-0.2, 0) is 49.4 Å². The van der Waals surface area contributed by atoms with E-state index in [-0.39, 0.29) is 47.0 Å². The van der Waals surface area contributed by atoms with Crippen molar-refractivity contribution in [1.82, 2.24) is 0 Å². The molecule has 16 nitrogen and oxygen atoms in total. The highest BCUT2D eigenvalue weighted by molar-refractivity contribution is 7.03. The lowest BCUT2D eigenvalue weighted by Gasteiger charge is -2.64. The summed E-state index contributed by atoms with van der Waals surface area (Å²) in [7, 11) is -32.7. The molecule has 0 amide bonds. The lowest BCUT2D eigenvalue weighted by molar-refractivity contribution is -0.0336. The van der Waals surface area contributed by atoms with E-state index in [0.29, 0.717) is 85.4 Å². The largest absolute Gasteiger partial charge is 0.507 e. The number of hydrogen-bond donors (Lipinski definition) is 2. The third kappa shape index (κ3) is 13.2. The molecule has 0 radical (unpaired) electrons. The predicted molar refractivity (Wildman–Crippen MR) is 277 cm³/mol. The van der Waals surface area contributed by atoms with Gasteiger partial charge in [-0.05, 0) is 72.6 Å². The van der Waals surface area contributed by atoms with Gasteiger partial charge in [-0.1, -0.05) is 107 Å². The van der Waals surface area contributed by atoms with Crippen molar-refractivity contribution in [3.8, 4) is 11.5 Å². The molecular formula is C44H78N2O14Si8. The Kier molecular flexibility index (Phi) is 17.3. The van der Waals surface area contributed by atoms with Gasteiger partial charge in [0.15, 0.2) is 0 Å². The van der Waals surface area contributed by atoms with Crippen molar-refractivity contribution in [1.29, 1.82) is 0 Å². The zero-order valence-electron chi connectivity index (χ0n) is 42.4. The van der Waals surface area contributed by atoms with Crippen molar-refractivity contribution in [2.24, 2.45) is 45.5 Å². The van der Waals surface area contributed by atoms with E-state index >= 15 is 0 Å². The molecule has 68 heavy (non-hydrogen) atoms. The van der Waals surface area contributed by atoms with Crippen LogP contribution in [0.25, 0.3) is 0 Å². The third-order valence-electron chi connectivity index (χ3n) is 11.6. The summed E-state index contributed by atoms with van der Waals surface area (Å²) in [4.78, 5) is 9.53. The van der Waals surface area contributed by atoms with E-state index in [2.05, 4.69) is 83.1 Å². The maximum atomic E-state index is 10.5. The van der Waals surface area contributed by atoms with Crippen molar-refractivity contribution in [3.05, 3.63) is 59.7 Å². The Labute approximate surface area is 414 Å². The summed E-state index contributed by atoms with van der Waals surface area (Å²) in [6.07, 6.45) is 4.40. The van der Waals surface area contributed by atoms with Crippen molar-refractivity contribution in [2.45, 2.75) is 144 Å². The van der Waals surface area contributed by atoms with Crippen LogP contribution in [0.3, 0.4) is 0 Å². The molecule has 6 aliphatic heterocycles. The van der Waals surface area contributed by atoms with Crippen molar-refractivity contribution in [3.63, 3.8) is 0 Å². The molecule has 0 unspecified atom stereocenters. The fourth-order valence-electron chi connectivity index (χ4n) is 9.69. The van der Waals surface area contributed by atoms with Crippen LogP contribution in [0.4, 0.5) is 0 Å². The minimum Gasteiger partial charge on any atom is -0.507 e. The zero-order chi connectivity index (χ0) is 49.2. The number of nitrogens with zero attached hydrogens (tertiary/aromatic N) is 2. The first kappa shape index (κ1) is 54.4. The molecule has 0 atom stereocenters. The molecule has 6 heterocycles. The SMILES string of the molecule is CC(C)C[Si]12O[Si]3(CCCN=Cc4ccccc4O)O[Si]4(CC(C)C)O[Si](CC(C)C)(O[Si]5(CCCN=Cc6ccccc6O)O[Si](CC(C)C)(O1)O[Si](CC(C)C)(O3)O[Si](CC(C)C)(O5)O4)O2. The lowest BCUT2D eigenvalue weighted by Crippen LogP contribution is -2.88. The van der Waals surface area contributed by atoms with Crippen LogP contribution in [0.1, 0.15) is 107 Å². The first-order chi connectivity index (χ1) is 32.0. The number of aromatic hydroxyl groups is 2. The van der Waals surface area contributed by atoms with Gasteiger partial charge in [-0.25, -0.2) is 0 Å². The molecule has 0 aliphatic carbocycles. The second-order valence-corrected chi connectivity index (χ2v) is 45.8. The maximum Gasteiger partial charge on any atom is 0.479 e. The van der Waals surface area contributed by atoms with Crippen molar-refractivity contribution >= 4 is 82.9 Å². The first-order valence-corrected chi connectivity index (χ1v) is 40.4. The topological polar surface area (TPSA) is 176 Å². The van der Waals surface area contributed by atoms with E-state index in [1.54, 1.807) is 36.7 Å². The summed E-state index contributed by atoms with van der Waals surface area (Å²) in [6, 6.07) is 17.3. The molecule has 6 saturated heterocycles. The summed E-state index contributed by atoms with van der Waals surface area (Å²) in [5, 5.41) is 21.0. The van der Waals surface area contributed by atoms with Gasteiger partial charge in [0.2, 0.25) is 0 Å². The highest BCUT2D eigenvalue weighted by Crippen LogP contribution is 2.55. The van der Waals surface area contributed by atoms with Gasteiger partial charge in [0.05, 0.1) is 0 Å². The average Bonchev–Trinajstić information content (AvgIpc) is 3.14. The monoisotopic (exact) mass is 1080 g/mol. The molecule has 2 aromatic carbocycles. The number of aliphatic imine (C=N–C) groups is 2. The van der Waals surface area contributed by atoms with Crippen LogP contribution in [0.2, 0.25) is 48.4 Å². The summed E-state index contributed by atoms with van der Waals surface area (Å²) >= 11 is 0. The Morgan fingerprint density at radius 3 is 0.809 bits per heavy atom. The standard InChI is InChI=1S/C44H78N2O14Si8/c1-35(2)29-63-49-61(25-17-23-45-27-41-19-13-15-21-43(41)47)50-66(32-38(7)8)57-64(55-63,30-36(3)4)52-62(26-18-24-46-28-42-20-14-16-22-44(42)48)53-65(56-63,31-37(5)6)58-67(51-61,33-39(9)10)60-68(54-62,59-66)34-40(11)12/h13-16,19-22,27-28,35-40,47-48H,17-18,23-26,29-34H2,1-12H3. The van der Waals surface area contributed by atoms with E-state index in [0.717, 1.165) is 0 Å².